The normalized spacial score (nSPS) is 17.2. The molecule has 1 fully saturated rings. The average molecular weight is 441 g/mol. The van der Waals surface area contributed by atoms with Crippen molar-refractivity contribution in [2.75, 3.05) is 26.2 Å². The van der Waals surface area contributed by atoms with Crippen molar-refractivity contribution in [3.05, 3.63) is 52.8 Å². The molecule has 8 nitrogen and oxygen atoms in total. The molecule has 4 rings (SSSR count). The first kappa shape index (κ1) is 22.5. The van der Waals surface area contributed by atoms with Crippen LogP contribution in [0.15, 0.2) is 30.3 Å². The number of nitrogens with one attached hydrogen (secondary N) is 1. The summed E-state index contributed by atoms with van der Waals surface area (Å²) in [4.78, 5) is 26.9. The third-order valence-corrected chi connectivity index (χ3v) is 6.40. The Morgan fingerprint density at radius 1 is 1.22 bits per heavy atom. The Hall–Kier alpha value is -2.71. The van der Waals surface area contributed by atoms with Gasteiger partial charge >= 0.3 is 0 Å². The molecule has 0 aliphatic carbocycles. The van der Waals surface area contributed by atoms with Crippen LogP contribution in [0, 0.1) is 0 Å². The fourth-order valence-corrected chi connectivity index (χ4v) is 4.47. The summed E-state index contributed by atoms with van der Waals surface area (Å²) >= 11 is 0. The molecule has 1 N–H and O–H groups in total. The Balaban J connectivity index is 1.31. The van der Waals surface area contributed by atoms with Gasteiger partial charge in [0, 0.05) is 44.4 Å². The fraction of sp³-hybridized carbons (Fsp3) is 0.542. The molecule has 0 bridgehead atoms. The predicted molar refractivity (Wildman–Crippen MR) is 119 cm³/mol. The van der Waals surface area contributed by atoms with Gasteiger partial charge in [0.15, 0.2) is 5.69 Å². The molecule has 2 aliphatic rings. The molecule has 3 heterocycles. The van der Waals surface area contributed by atoms with Crippen LogP contribution in [0.25, 0.3) is 0 Å². The Labute approximate surface area is 188 Å². The average Bonchev–Trinajstić information content (AvgIpc) is 3.14. The molecule has 1 aromatic carbocycles. The Morgan fingerprint density at radius 2 is 1.97 bits per heavy atom. The molecule has 1 spiro atoms. The molecule has 32 heavy (non-hydrogen) atoms. The molecule has 2 aromatic rings. The van der Waals surface area contributed by atoms with Gasteiger partial charge < -0.3 is 19.7 Å². The lowest BCUT2D eigenvalue weighted by atomic mass is 9.83. The number of piperidine rings is 1. The number of hydrogen-bond acceptors (Lipinski definition) is 5. The van der Waals surface area contributed by atoms with Crippen molar-refractivity contribution in [1.82, 2.24) is 20.0 Å². The molecular formula is C24H32N4O4. The number of benzene rings is 1. The summed E-state index contributed by atoms with van der Waals surface area (Å²) in [6.45, 7) is 4.85. The summed E-state index contributed by atoms with van der Waals surface area (Å²) in [5.74, 6) is -0.123. The van der Waals surface area contributed by atoms with Crippen LogP contribution in [-0.2, 0) is 41.0 Å². The summed E-state index contributed by atoms with van der Waals surface area (Å²) in [6, 6.07) is 9.86. The third-order valence-electron chi connectivity index (χ3n) is 6.40. The maximum Gasteiger partial charge on any atom is 0.272 e. The van der Waals surface area contributed by atoms with E-state index in [2.05, 4.69) is 10.4 Å². The lowest BCUT2D eigenvalue weighted by molar-refractivity contribution is -0.145. The third kappa shape index (κ3) is 4.86. The number of carbonyl (C=O) groups excluding carboxylic acids is 2. The zero-order valence-electron chi connectivity index (χ0n) is 18.9. The van der Waals surface area contributed by atoms with E-state index in [9.17, 15) is 9.59 Å². The summed E-state index contributed by atoms with van der Waals surface area (Å²) in [7, 11) is 1.89. The molecule has 0 unspecified atom stereocenters. The van der Waals surface area contributed by atoms with Crippen LogP contribution in [0.4, 0.5) is 0 Å². The van der Waals surface area contributed by atoms with E-state index in [-0.39, 0.29) is 24.0 Å². The van der Waals surface area contributed by atoms with Crippen LogP contribution in [0.3, 0.4) is 0 Å². The van der Waals surface area contributed by atoms with Gasteiger partial charge in [-0.05, 0) is 24.8 Å². The minimum Gasteiger partial charge on any atom is -0.370 e. The van der Waals surface area contributed by atoms with E-state index in [1.165, 1.54) is 0 Å². The van der Waals surface area contributed by atoms with Crippen molar-refractivity contribution < 1.29 is 19.1 Å². The molecule has 172 valence electrons. The molecular weight excluding hydrogens is 408 g/mol. The first-order chi connectivity index (χ1) is 15.5. The highest BCUT2D eigenvalue weighted by Gasteiger charge is 2.42. The van der Waals surface area contributed by atoms with Crippen molar-refractivity contribution in [2.45, 2.75) is 51.4 Å². The van der Waals surface area contributed by atoms with Gasteiger partial charge in [0.1, 0.15) is 6.61 Å². The van der Waals surface area contributed by atoms with Crippen LogP contribution in [0.5, 0.6) is 0 Å². The SMILES string of the molecule is CCCNC(=O)c1nn(C)c2c1COC1(CCN(C(=O)COCc3ccccc3)CC1)C2. The number of rotatable bonds is 7. The number of aryl methyl sites for hydroxylation is 1. The van der Waals surface area contributed by atoms with E-state index in [4.69, 9.17) is 9.47 Å². The summed E-state index contributed by atoms with van der Waals surface area (Å²) in [5.41, 5.74) is 3.17. The molecule has 0 radical (unpaired) electrons. The van der Waals surface area contributed by atoms with E-state index in [0.717, 1.165) is 36.1 Å². The van der Waals surface area contributed by atoms with Gasteiger partial charge in [-0.1, -0.05) is 37.3 Å². The second kappa shape index (κ2) is 9.83. The Kier molecular flexibility index (Phi) is 6.91. The lowest BCUT2D eigenvalue weighted by Gasteiger charge is -2.43. The van der Waals surface area contributed by atoms with E-state index in [0.29, 0.717) is 45.0 Å². The Morgan fingerprint density at radius 3 is 2.69 bits per heavy atom. The van der Waals surface area contributed by atoms with Gasteiger partial charge in [-0.15, -0.1) is 0 Å². The van der Waals surface area contributed by atoms with E-state index >= 15 is 0 Å². The van der Waals surface area contributed by atoms with Crippen LogP contribution < -0.4 is 5.32 Å². The monoisotopic (exact) mass is 440 g/mol. The number of amides is 2. The van der Waals surface area contributed by atoms with Crippen LogP contribution >= 0.6 is 0 Å². The predicted octanol–water partition coefficient (Wildman–Crippen LogP) is 2.21. The largest absolute Gasteiger partial charge is 0.370 e. The Bertz CT molecular complexity index is 948. The van der Waals surface area contributed by atoms with Crippen LogP contribution in [-0.4, -0.2) is 58.3 Å². The van der Waals surface area contributed by atoms with Crippen LogP contribution in [0.1, 0.15) is 53.5 Å². The van der Waals surface area contributed by atoms with Gasteiger partial charge in [-0.25, -0.2) is 0 Å². The number of likely N-dealkylation sites (tertiary alicyclic amines) is 1. The number of fused-ring (bicyclic) bond motifs is 1. The van der Waals surface area contributed by atoms with Gasteiger partial charge in [0.2, 0.25) is 5.91 Å². The highest BCUT2D eigenvalue weighted by molar-refractivity contribution is 5.94. The summed E-state index contributed by atoms with van der Waals surface area (Å²) in [6.07, 6.45) is 3.12. The minimum absolute atomic E-state index is 0.0164. The molecule has 0 atom stereocenters. The standard InChI is InChI=1S/C24H32N4O4/c1-3-11-25-23(30)22-19-16-32-24(14-20(19)27(2)26-22)9-12-28(13-10-24)21(29)17-31-15-18-7-5-4-6-8-18/h4-8H,3,9-17H2,1-2H3,(H,25,30). The minimum atomic E-state index is -0.306. The second-order valence-electron chi connectivity index (χ2n) is 8.66. The highest BCUT2D eigenvalue weighted by Crippen LogP contribution is 2.37. The van der Waals surface area contributed by atoms with E-state index in [1.807, 2.05) is 53.9 Å². The number of aromatic nitrogens is 2. The topological polar surface area (TPSA) is 85.7 Å². The van der Waals surface area contributed by atoms with Gasteiger partial charge in [-0.3, -0.25) is 14.3 Å². The summed E-state index contributed by atoms with van der Waals surface area (Å²) < 4.78 is 13.7. The molecule has 8 heteroatoms. The van der Waals surface area contributed by atoms with E-state index < -0.39 is 0 Å². The summed E-state index contributed by atoms with van der Waals surface area (Å²) in [5, 5.41) is 7.37. The maximum atomic E-state index is 12.6. The molecule has 1 saturated heterocycles. The van der Waals surface area contributed by atoms with Crippen molar-refractivity contribution in [3.8, 4) is 0 Å². The maximum absolute atomic E-state index is 12.6. The van der Waals surface area contributed by atoms with Crippen molar-refractivity contribution in [2.24, 2.45) is 7.05 Å². The zero-order chi connectivity index (χ0) is 22.6. The fourth-order valence-electron chi connectivity index (χ4n) is 4.47. The first-order valence-electron chi connectivity index (χ1n) is 11.4. The van der Waals surface area contributed by atoms with Gasteiger partial charge in [0.25, 0.3) is 5.91 Å². The lowest BCUT2D eigenvalue weighted by Crippen LogP contribution is -2.51. The molecule has 1 aromatic heterocycles. The van der Waals surface area contributed by atoms with Crippen molar-refractivity contribution >= 4 is 11.8 Å². The number of carbonyl (C=O) groups is 2. The number of ether oxygens (including phenoxy) is 2. The number of hydrogen-bond donors (Lipinski definition) is 1. The molecule has 0 saturated carbocycles. The number of nitrogens with zero attached hydrogens (tertiary/aromatic N) is 3. The van der Waals surface area contributed by atoms with E-state index in [1.54, 1.807) is 0 Å². The zero-order valence-corrected chi connectivity index (χ0v) is 18.9. The smallest absolute Gasteiger partial charge is 0.272 e. The highest BCUT2D eigenvalue weighted by atomic mass is 16.5. The van der Waals surface area contributed by atoms with Gasteiger partial charge in [0.05, 0.1) is 18.8 Å². The quantitative estimate of drug-likeness (QED) is 0.714. The molecule has 2 amide bonds. The van der Waals surface area contributed by atoms with Gasteiger partial charge in [-0.2, -0.15) is 5.10 Å². The van der Waals surface area contributed by atoms with Crippen molar-refractivity contribution in [1.29, 1.82) is 0 Å². The van der Waals surface area contributed by atoms with Crippen molar-refractivity contribution in [3.63, 3.8) is 0 Å². The second-order valence-corrected chi connectivity index (χ2v) is 8.66. The first-order valence-corrected chi connectivity index (χ1v) is 11.4. The molecule has 2 aliphatic heterocycles. The van der Waals surface area contributed by atoms with Crippen LogP contribution in [0.2, 0.25) is 0 Å².